The van der Waals surface area contributed by atoms with Crippen LogP contribution in [0.5, 0.6) is 11.5 Å². The molecule has 0 fully saturated rings. The highest BCUT2D eigenvalue weighted by Crippen LogP contribution is 2.25. The average Bonchev–Trinajstić information content (AvgIpc) is 2.88. The lowest BCUT2D eigenvalue weighted by molar-refractivity contribution is 0.400. The minimum Gasteiger partial charge on any atom is -0.455 e. The predicted molar refractivity (Wildman–Crippen MR) is 99.2 cm³/mol. The van der Waals surface area contributed by atoms with Gasteiger partial charge in [0.1, 0.15) is 22.5 Å². The fraction of sp³-hybridized carbons (Fsp3) is 0.333. The molecule has 3 aromatic heterocycles. The number of nitrogens with one attached hydrogen (secondary N) is 1. The van der Waals surface area contributed by atoms with E-state index in [1.54, 1.807) is 37.4 Å². The zero-order valence-corrected chi connectivity index (χ0v) is 15.8. The Morgan fingerprint density at radius 3 is 2.69 bits per heavy atom. The molecule has 26 heavy (non-hydrogen) atoms. The molecule has 0 aromatic carbocycles. The Kier molecular flexibility index (Phi) is 4.82. The smallest absolute Gasteiger partial charge is 0.349 e. The lowest BCUT2D eigenvalue weighted by Gasteiger charge is -2.15. The molecule has 8 heteroatoms. The van der Waals surface area contributed by atoms with Crippen LogP contribution in [0.25, 0.3) is 5.82 Å². The van der Waals surface area contributed by atoms with Gasteiger partial charge in [0.15, 0.2) is 5.82 Å². The standard InChI is InChI=1S/C18H20ClN5O2/c1-11-13(26-12-7-8-20-14(19)9-12)5-6-16(21-11)24-17(25)22-15(23-24)10-18(2,3)4/h5-9H,10H2,1-4H3,(H,22,23,25). The first kappa shape index (κ1) is 18.1. The van der Waals surface area contributed by atoms with Gasteiger partial charge in [-0.25, -0.2) is 14.8 Å². The van der Waals surface area contributed by atoms with Gasteiger partial charge in [-0.15, -0.1) is 5.10 Å². The first-order valence-electron chi connectivity index (χ1n) is 8.17. The van der Waals surface area contributed by atoms with Crippen molar-refractivity contribution in [1.29, 1.82) is 0 Å². The summed E-state index contributed by atoms with van der Waals surface area (Å²) in [5.41, 5.74) is 0.336. The van der Waals surface area contributed by atoms with Gasteiger partial charge in [-0.2, -0.15) is 4.68 Å². The molecule has 0 aliphatic carbocycles. The summed E-state index contributed by atoms with van der Waals surface area (Å²) in [5, 5.41) is 4.70. The summed E-state index contributed by atoms with van der Waals surface area (Å²) < 4.78 is 7.04. The first-order valence-corrected chi connectivity index (χ1v) is 8.55. The van der Waals surface area contributed by atoms with Crippen molar-refractivity contribution in [2.45, 2.75) is 34.1 Å². The van der Waals surface area contributed by atoms with Crippen LogP contribution in [0.1, 0.15) is 32.3 Å². The molecule has 3 rings (SSSR count). The molecule has 0 amide bonds. The van der Waals surface area contributed by atoms with Gasteiger partial charge < -0.3 is 4.74 Å². The third-order valence-electron chi connectivity index (χ3n) is 3.53. The molecule has 3 aromatic rings. The molecule has 0 saturated heterocycles. The molecular formula is C18H20ClN5O2. The van der Waals surface area contributed by atoms with E-state index in [0.717, 1.165) is 0 Å². The number of pyridine rings is 2. The Morgan fingerprint density at radius 2 is 2.04 bits per heavy atom. The Labute approximate surface area is 156 Å². The van der Waals surface area contributed by atoms with Gasteiger partial charge in [0, 0.05) is 18.7 Å². The SMILES string of the molecule is Cc1nc(-n2nc(CC(C)(C)C)[nH]c2=O)ccc1Oc1ccnc(Cl)c1. The predicted octanol–water partition coefficient (Wildman–Crippen LogP) is 3.69. The monoisotopic (exact) mass is 373 g/mol. The Morgan fingerprint density at radius 1 is 1.27 bits per heavy atom. The Balaban J connectivity index is 1.87. The zero-order chi connectivity index (χ0) is 18.9. The number of hydrogen-bond acceptors (Lipinski definition) is 5. The van der Waals surface area contributed by atoms with E-state index in [-0.39, 0.29) is 11.1 Å². The van der Waals surface area contributed by atoms with Crippen LogP contribution >= 0.6 is 11.6 Å². The second kappa shape index (κ2) is 6.92. The van der Waals surface area contributed by atoms with Crippen LogP contribution in [0.15, 0.2) is 35.3 Å². The van der Waals surface area contributed by atoms with E-state index in [0.29, 0.717) is 40.4 Å². The van der Waals surface area contributed by atoms with Gasteiger partial charge in [-0.3, -0.25) is 4.98 Å². The molecule has 136 valence electrons. The van der Waals surface area contributed by atoms with Crippen molar-refractivity contribution in [2.75, 3.05) is 0 Å². The molecule has 0 spiro atoms. The van der Waals surface area contributed by atoms with Gasteiger partial charge >= 0.3 is 5.69 Å². The van der Waals surface area contributed by atoms with E-state index < -0.39 is 0 Å². The van der Waals surface area contributed by atoms with Crippen LogP contribution < -0.4 is 10.4 Å². The molecule has 0 radical (unpaired) electrons. The highest BCUT2D eigenvalue weighted by molar-refractivity contribution is 6.29. The summed E-state index contributed by atoms with van der Waals surface area (Å²) in [4.78, 5) is 23.3. The van der Waals surface area contributed by atoms with Crippen molar-refractivity contribution in [3.05, 3.63) is 57.6 Å². The van der Waals surface area contributed by atoms with Crippen molar-refractivity contribution in [3.63, 3.8) is 0 Å². The summed E-state index contributed by atoms with van der Waals surface area (Å²) in [5.74, 6) is 2.19. The third-order valence-corrected chi connectivity index (χ3v) is 3.73. The van der Waals surface area contributed by atoms with E-state index >= 15 is 0 Å². The number of hydrogen-bond donors (Lipinski definition) is 1. The van der Waals surface area contributed by atoms with E-state index in [1.807, 2.05) is 0 Å². The summed E-state index contributed by atoms with van der Waals surface area (Å²) in [7, 11) is 0. The Hall–Kier alpha value is -2.67. The summed E-state index contributed by atoms with van der Waals surface area (Å²) in [6.07, 6.45) is 2.23. The van der Waals surface area contributed by atoms with Crippen molar-refractivity contribution >= 4 is 11.6 Å². The maximum atomic E-state index is 12.2. The molecule has 0 bridgehead atoms. The van der Waals surface area contributed by atoms with E-state index in [9.17, 15) is 4.79 Å². The molecule has 3 heterocycles. The number of nitrogens with zero attached hydrogens (tertiary/aromatic N) is 4. The molecule has 0 atom stereocenters. The molecule has 0 saturated carbocycles. The lowest BCUT2D eigenvalue weighted by Crippen LogP contribution is -2.17. The van der Waals surface area contributed by atoms with Gasteiger partial charge in [-0.05, 0) is 30.5 Å². The maximum Gasteiger partial charge on any atom is 0.349 e. The number of aryl methyl sites for hydroxylation is 1. The molecular weight excluding hydrogens is 354 g/mol. The molecule has 1 N–H and O–H groups in total. The topological polar surface area (TPSA) is 85.7 Å². The van der Waals surface area contributed by atoms with Crippen LogP contribution in [0.2, 0.25) is 5.15 Å². The zero-order valence-electron chi connectivity index (χ0n) is 15.1. The highest BCUT2D eigenvalue weighted by Gasteiger charge is 2.17. The van der Waals surface area contributed by atoms with Crippen molar-refractivity contribution < 1.29 is 4.74 Å². The van der Waals surface area contributed by atoms with Crippen LogP contribution in [-0.4, -0.2) is 24.7 Å². The quantitative estimate of drug-likeness (QED) is 0.705. The number of halogens is 1. The van der Waals surface area contributed by atoms with Gasteiger partial charge in [-0.1, -0.05) is 32.4 Å². The Bertz CT molecular complexity index is 988. The molecule has 0 unspecified atom stereocenters. The first-order chi connectivity index (χ1) is 12.2. The number of aromatic amines is 1. The third kappa shape index (κ3) is 4.29. The summed E-state index contributed by atoms with van der Waals surface area (Å²) >= 11 is 5.87. The molecule has 0 aliphatic heterocycles. The van der Waals surface area contributed by atoms with Crippen molar-refractivity contribution in [1.82, 2.24) is 24.7 Å². The summed E-state index contributed by atoms with van der Waals surface area (Å²) in [6.45, 7) is 8.06. The number of H-pyrrole nitrogens is 1. The maximum absolute atomic E-state index is 12.2. The lowest BCUT2D eigenvalue weighted by atomic mass is 9.92. The highest BCUT2D eigenvalue weighted by atomic mass is 35.5. The molecule has 7 nitrogen and oxygen atoms in total. The van der Waals surface area contributed by atoms with E-state index in [4.69, 9.17) is 16.3 Å². The summed E-state index contributed by atoms with van der Waals surface area (Å²) in [6, 6.07) is 6.76. The van der Waals surface area contributed by atoms with Crippen LogP contribution in [-0.2, 0) is 6.42 Å². The second-order valence-electron chi connectivity index (χ2n) is 7.20. The number of ether oxygens (including phenoxy) is 1. The van der Waals surface area contributed by atoms with Crippen LogP contribution in [0.3, 0.4) is 0 Å². The van der Waals surface area contributed by atoms with E-state index in [1.165, 1.54) is 4.68 Å². The van der Waals surface area contributed by atoms with Gasteiger partial charge in [0.05, 0.1) is 5.69 Å². The van der Waals surface area contributed by atoms with Gasteiger partial charge in [0.2, 0.25) is 0 Å². The van der Waals surface area contributed by atoms with Gasteiger partial charge in [0.25, 0.3) is 0 Å². The number of rotatable bonds is 4. The second-order valence-corrected chi connectivity index (χ2v) is 7.58. The fourth-order valence-electron chi connectivity index (χ4n) is 2.44. The van der Waals surface area contributed by atoms with Crippen LogP contribution in [0.4, 0.5) is 0 Å². The van der Waals surface area contributed by atoms with Crippen LogP contribution in [0, 0.1) is 12.3 Å². The molecule has 0 aliphatic rings. The minimum atomic E-state index is -0.314. The number of aromatic nitrogens is 5. The normalized spacial score (nSPS) is 11.6. The van der Waals surface area contributed by atoms with E-state index in [2.05, 4.69) is 40.8 Å². The van der Waals surface area contributed by atoms with Crippen molar-refractivity contribution in [2.24, 2.45) is 5.41 Å². The van der Waals surface area contributed by atoms with Crippen molar-refractivity contribution in [3.8, 4) is 17.3 Å². The largest absolute Gasteiger partial charge is 0.455 e. The average molecular weight is 374 g/mol. The minimum absolute atomic E-state index is 0.0228. The fourth-order valence-corrected chi connectivity index (χ4v) is 2.60.